The molecule has 0 bridgehead atoms. The molecular weight excluding hydrogens is 349 g/mol. The van der Waals surface area contributed by atoms with Crippen LogP contribution in [0.5, 0.6) is 11.5 Å². The molecule has 6 nitrogen and oxygen atoms in total. The number of halogens is 1. The number of anilines is 3. The minimum absolute atomic E-state index is 0.303. The molecule has 3 rings (SSSR count). The maximum atomic E-state index is 13.8. The summed E-state index contributed by atoms with van der Waals surface area (Å²) in [7, 11) is 3.06. The van der Waals surface area contributed by atoms with Gasteiger partial charge in [-0.1, -0.05) is 12.1 Å². The van der Waals surface area contributed by atoms with Crippen molar-refractivity contribution in [3.05, 3.63) is 72.3 Å². The van der Waals surface area contributed by atoms with Gasteiger partial charge in [0.1, 0.15) is 5.82 Å². The van der Waals surface area contributed by atoms with Crippen LogP contribution in [0.3, 0.4) is 0 Å². The average molecular weight is 367 g/mol. The third kappa shape index (κ3) is 4.33. The summed E-state index contributed by atoms with van der Waals surface area (Å²) in [5.74, 6) is 0.321. The molecule has 138 valence electrons. The fourth-order valence-corrected chi connectivity index (χ4v) is 2.47. The zero-order chi connectivity index (χ0) is 19.2. The maximum Gasteiger partial charge on any atom is 0.257 e. The smallest absolute Gasteiger partial charge is 0.257 e. The molecule has 0 unspecified atom stereocenters. The van der Waals surface area contributed by atoms with Gasteiger partial charge >= 0.3 is 0 Å². The van der Waals surface area contributed by atoms with Crippen molar-refractivity contribution < 1.29 is 18.7 Å². The zero-order valence-electron chi connectivity index (χ0n) is 14.8. The third-order valence-corrected chi connectivity index (χ3v) is 3.79. The fraction of sp³-hybridized carbons (Fsp3) is 0.100. The van der Waals surface area contributed by atoms with Crippen molar-refractivity contribution in [3.63, 3.8) is 0 Å². The molecule has 0 aliphatic heterocycles. The molecule has 2 aromatic carbocycles. The Morgan fingerprint density at radius 2 is 1.74 bits per heavy atom. The van der Waals surface area contributed by atoms with Gasteiger partial charge in [-0.2, -0.15) is 0 Å². The Kier molecular flexibility index (Phi) is 5.51. The maximum absolute atomic E-state index is 13.8. The van der Waals surface area contributed by atoms with Crippen LogP contribution in [-0.4, -0.2) is 25.1 Å². The molecule has 0 radical (unpaired) electrons. The fourth-order valence-electron chi connectivity index (χ4n) is 2.47. The topological polar surface area (TPSA) is 72.5 Å². The zero-order valence-corrected chi connectivity index (χ0v) is 14.8. The molecule has 0 atom stereocenters. The number of para-hydroxylation sites is 1. The van der Waals surface area contributed by atoms with E-state index < -0.39 is 5.82 Å². The highest BCUT2D eigenvalue weighted by molar-refractivity contribution is 6.04. The number of amides is 1. The number of benzene rings is 2. The summed E-state index contributed by atoms with van der Waals surface area (Å²) < 4.78 is 24.2. The lowest BCUT2D eigenvalue weighted by atomic mass is 10.2. The second kappa shape index (κ2) is 8.18. The first-order valence-corrected chi connectivity index (χ1v) is 8.10. The quantitative estimate of drug-likeness (QED) is 0.682. The van der Waals surface area contributed by atoms with E-state index in [2.05, 4.69) is 15.6 Å². The monoisotopic (exact) mass is 367 g/mol. The molecule has 1 heterocycles. The van der Waals surface area contributed by atoms with Gasteiger partial charge in [-0.15, -0.1) is 0 Å². The number of pyridine rings is 1. The molecule has 3 aromatic rings. The Hall–Kier alpha value is -3.61. The van der Waals surface area contributed by atoms with Gasteiger partial charge in [0.05, 0.1) is 37.4 Å². The van der Waals surface area contributed by atoms with Crippen molar-refractivity contribution in [2.45, 2.75) is 0 Å². The van der Waals surface area contributed by atoms with Crippen molar-refractivity contribution >= 4 is 23.0 Å². The Morgan fingerprint density at radius 1 is 0.963 bits per heavy atom. The summed E-state index contributed by atoms with van der Waals surface area (Å²) in [5, 5.41) is 5.68. The molecule has 0 aliphatic carbocycles. The van der Waals surface area contributed by atoms with Crippen LogP contribution in [0, 0.1) is 5.82 Å². The number of nitrogens with one attached hydrogen (secondary N) is 2. The Morgan fingerprint density at radius 3 is 2.48 bits per heavy atom. The third-order valence-electron chi connectivity index (χ3n) is 3.79. The van der Waals surface area contributed by atoms with Crippen LogP contribution < -0.4 is 20.1 Å². The number of hydrogen-bond acceptors (Lipinski definition) is 5. The van der Waals surface area contributed by atoms with Crippen LogP contribution in [0.25, 0.3) is 0 Å². The van der Waals surface area contributed by atoms with E-state index in [1.54, 1.807) is 42.5 Å². The molecular formula is C20H18FN3O3. The van der Waals surface area contributed by atoms with Crippen LogP contribution >= 0.6 is 0 Å². The molecule has 1 aromatic heterocycles. The molecule has 27 heavy (non-hydrogen) atoms. The number of nitrogens with zero attached hydrogens (tertiary/aromatic N) is 1. The van der Waals surface area contributed by atoms with E-state index in [0.717, 1.165) is 0 Å². The van der Waals surface area contributed by atoms with E-state index in [9.17, 15) is 9.18 Å². The van der Waals surface area contributed by atoms with Crippen LogP contribution in [0.1, 0.15) is 10.4 Å². The normalized spacial score (nSPS) is 10.2. The summed E-state index contributed by atoms with van der Waals surface area (Å²) in [6.07, 6.45) is 2.95. The van der Waals surface area contributed by atoms with Crippen LogP contribution in [-0.2, 0) is 0 Å². The van der Waals surface area contributed by atoms with Crippen LogP contribution in [0.4, 0.5) is 21.5 Å². The number of methoxy groups -OCH3 is 2. The summed E-state index contributed by atoms with van der Waals surface area (Å²) in [6.45, 7) is 0. The van der Waals surface area contributed by atoms with Crippen molar-refractivity contribution in [3.8, 4) is 11.5 Å². The lowest BCUT2D eigenvalue weighted by molar-refractivity contribution is 0.102. The molecule has 0 spiro atoms. The van der Waals surface area contributed by atoms with Gasteiger partial charge in [-0.05, 0) is 30.3 Å². The highest BCUT2D eigenvalue weighted by Crippen LogP contribution is 2.30. The molecule has 2 N–H and O–H groups in total. The summed E-state index contributed by atoms with van der Waals surface area (Å²) in [6, 6.07) is 12.9. The minimum Gasteiger partial charge on any atom is -0.493 e. The summed E-state index contributed by atoms with van der Waals surface area (Å²) in [5.41, 5.74) is 1.67. The Labute approximate surface area is 156 Å². The highest BCUT2D eigenvalue weighted by Gasteiger charge is 2.11. The number of rotatable bonds is 6. The van der Waals surface area contributed by atoms with Crippen molar-refractivity contribution in [2.24, 2.45) is 0 Å². The average Bonchev–Trinajstić information content (AvgIpc) is 2.70. The number of hydrogen-bond donors (Lipinski definition) is 2. The van der Waals surface area contributed by atoms with Crippen LogP contribution in [0.15, 0.2) is 60.9 Å². The van der Waals surface area contributed by atoms with Gasteiger partial charge in [-0.25, -0.2) is 4.39 Å². The predicted molar refractivity (Wildman–Crippen MR) is 101 cm³/mol. The van der Waals surface area contributed by atoms with Gasteiger partial charge in [0.15, 0.2) is 11.5 Å². The molecule has 7 heteroatoms. The first-order chi connectivity index (χ1) is 13.1. The van der Waals surface area contributed by atoms with Crippen LogP contribution in [0.2, 0.25) is 0 Å². The Bertz CT molecular complexity index is 963. The van der Waals surface area contributed by atoms with Crippen molar-refractivity contribution in [1.29, 1.82) is 0 Å². The number of carbonyl (C=O) groups excluding carboxylic acids is 1. The number of carbonyl (C=O) groups is 1. The molecule has 1 amide bonds. The van der Waals surface area contributed by atoms with E-state index in [-0.39, 0.29) is 5.91 Å². The molecule has 0 fully saturated rings. The van der Waals surface area contributed by atoms with Gasteiger partial charge in [0.2, 0.25) is 0 Å². The number of ether oxygens (including phenoxy) is 2. The predicted octanol–water partition coefficient (Wildman–Crippen LogP) is 4.23. The van der Waals surface area contributed by atoms with Gasteiger partial charge in [0, 0.05) is 18.0 Å². The summed E-state index contributed by atoms with van der Waals surface area (Å²) >= 11 is 0. The second-order valence-corrected chi connectivity index (χ2v) is 5.59. The lowest BCUT2D eigenvalue weighted by Gasteiger charge is -2.11. The van der Waals surface area contributed by atoms with Crippen molar-refractivity contribution in [2.75, 3.05) is 24.9 Å². The standard InChI is InChI=1S/C20H18FN3O3/c1-26-18-8-7-14(10-19(18)27-2)24-20(25)13-9-15(12-22-11-13)23-17-6-4-3-5-16(17)21/h3-12,23H,1-2H3,(H,24,25). The van der Waals surface area contributed by atoms with E-state index in [4.69, 9.17) is 9.47 Å². The Balaban J connectivity index is 1.77. The van der Waals surface area contributed by atoms with E-state index in [1.165, 1.54) is 32.7 Å². The lowest BCUT2D eigenvalue weighted by Crippen LogP contribution is -2.12. The largest absolute Gasteiger partial charge is 0.493 e. The minimum atomic E-state index is -0.391. The summed E-state index contributed by atoms with van der Waals surface area (Å²) in [4.78, 5) is 16.6. The first kappa shape index (κ1) is 18.2. The number of aromatic nitrogens is 1. The van der Waals surface area contributed by atoms with Gasteiger partial charge < -0.3 is 20.1 Å². The van der Waals surface area contributed by atoms with E-state index in [1.807, 2.05) is 0 Å². The molecule has 0 saturated carbocycles. The molecule has 0 aliphatic rings. The van der Waals surface area contributed by atoms with E-state index >= 15 is 0 Å². The van der Waals surface area contributed by atoms with Crippen molar-refractivity contribution in [1.82, 2.24) is 4.98 Å². The van der Waals surface area contributed by atoms with Gasteiger partial charge in [-0.3, -0.25) is 9.78 Å². The highest BCUT2D eigenvalue weighted by atomic mass is 19.1. The second-order valence-electron chi connectivity index (χ2n) is 5.59. The van der Waals surface area contributed by atoms with E-state index in [0.29, 0.717) is 34.1 Å². The SMILES string of the molecule is COc1ccc(NC(=O)c2cncc(Nc3ccccc3F)c2)cc1OC. The van der Waals surface area contributed by atoms with Gasteiger partial charge in [0.25, 0.3) is 5.91 Å². The first-order valence-electron chi connectivity index (χ1n) is 8.10. The molecule has 0 saturated heterocycles.